The van der Waals surface area contributed by atoms with Crippen LogP contribution in [0, 0.1) is 0 Å². The number of aromatic nitrogens is 8. The summed E-state index contributed by atoms with van der Waals surface area (Å²) >= 11 is 5.94. The van der Waals surface area contributed by atoms with Crippen LogP contribution in [0.3, 0.4) is 0 Å². The first kappa shape index (κ1) is 20.0. The third kappa shape index (κ3) is 3.20. The highest BCUT2D eigenvalue weighted by Crippen LogP contribution is 2.44. The van der Waals surface area contributed by atoms with E-state index in [-0.39, 0.29) is 23.8 Å². The number of rotatable bonds is 2. The molecule has 5 aromatic rings. The number of hydrogen-bond donors (Lipinski definition) is 1. The Balaban J connectivity index is 1.44. The van der Waals surface area contributed by atoms with Crippen LogP contribution in [0.4, 0.5) is 19.0 Å². The molecule has 1 aromatic carbocycles. The normalized spacial score (nSPS) is 18.6. The number of nitrogens with one attached hydrogen (secondary N) is 1. The molecule has 1 aliphatic heterocycles. The lowest BCUT2D eigenvalue weighted by atomic mass is 9.97. The molecule has 33 heavy (non-hydrogen) atoms. The molecule has 9 nitrogen and oxygen atoms in total. The first-order chi connectivity index (χ1) is 15.8. The summed E-state index contributed by atoms with van der Waals surface area (Å²) in [6, 6.07) is 5.93. The zero-order valence-corrected chi connectivity index (χ0v) is 17.7. The number of fused-ring (bicyclic) bond motifs is 4. The fourth-order valence-corrected chi connectivity index (χ4v) is 4.27. The highest BCUT2D eigenvalue weighted by atomic mass is 35.5. The molecule has 5 heterocycles. The van der Waals surface area contributed by atoms with Crippen LogP contribution in [-0.2, 0) is 7.05 Å². The second kappa shape index (κ2) is 6.91. The molecular weight excluding hydrogens is 459 g/mol. The van der Waals surface area contributed by atoms with Gasteiger partial charge in [0.2, 0.25) is 5.82 Å². The third-order valence-electron chi connectivity index (χ3n) is 5.76. The van der Waals surface area contributed by atoms with E-state index in [0.29, 0.717) is 27.3 Å². The second-order valence-electron chi connectivity index (χ2n) is 7.85. The zero-order chi connectivity index (χ0) is 22.9. The van der Waals surface area contributed by atoms with E-state index in [0.717, 1.165) is 4.68 Å². The lowest BCUT2D eigenvalue weighted by molar-refractivity contribution is -0.173. The number of anilines is 1. The highest BCUT2D eigenvalue weighted by molar-refractivity contribution is 6.30. The van der Waals surface area contributed by atoms with Crippen LogP contribution in [0.1, 0.15) is 24.1 Å². The molecule has 168 valence electrons. The summed E-state index contributed by atoms with van der Waals surface area (Å²) in [6.45, 7) is 0. The summed E-state index contributed by atoms with van der Waals surface area (Å²) < 4.78 is 45.9. The van der Waals surface area contributed by atoms with Crippen molar-refractivity contribution >= 4 is 34.1 Å². The molecule has 13 heteroatoms. The maximum Gasteiger partial charge on any atom is 0.410 e. The second-order valence-corrected chi connectivity index (χ2v) is 8.29. The van der Waals surface area contributed by atoms with E-state index in [1.54, 1.807) is 42.2 Å². The molecule has 0 radical (unpaired) electrons. The van der Waals surface area contributed by atoms with Crippen molar-refractivity contribution in [2.45, 2.75) is 24.7 Å². The van der Waals surface area contributed by atoms with E-state index in [1.165, 1.54) is 16.9 Å². The van der Waals surface area contributed by atoms with E-state index in [4.69, 9.17) is 11.6 Å². The number of benzene rings is 1. The van der Waals surface area contributed by atoms with Crippen molar-refractivity contribution in [3.8, 4) is 11.5 Å². The standard InChI is InChI=1S/C20H15ClF3N9/c1-31-18-12(8-26-31)19-28-17(30-32(19)9-25-18)14-7-16-27-13(10-2-4-11(21)5-3-10)6-15(20(22,23)24)33(16)29-14/h2-5,7-9,13,15,27H,6H2,1H3/t13-,15+/m0/s1. The maximum absolute atomic E-state index is 14.0. The molecule has 0 fully saturated rings. The van der Waals surface area contributed by atoms with Gasteiger partial charge in [0.1, 0.15) is 17.8 Å². The van der Waals surface area contributed by atoms with Crippen LogP contribution in [-0.4, -0.2) is 45.3 Å². The largest absolute Gasteiger partial charge is 0.410 e. The van der Waals surface area contributed by atoms with Gasteiger partial charge < -0.3 is 5.32 Å². The van der Waals surface area contributed by atoms with Gasteiger partial charge in [0.25, 0.3) is 0 Å². The lowest BCUT2D eigenvalue weighted by Crippen LogP contribution is -2.35. The van der Waals surface area contributed by atoms with Gasteiger partial charge in [0.05, 0.1) is 17.6 Å². The molecule has 1 aliphatic rings. The number of aryl methyl sites for hydroxylation is 1. The van der Waals surface area contributed by atoms with Crippen molar-refractivity contribution < 1.29 is 13.2 Å². The summed E-state index contributed by atoms with van der Waals surface area (Å²) in [5.74, 6) is 0.433. The number of nitrogens with zero attached hydrogens (tertiary/aromatic N) is 8. The average Bonchev–Trinajstić information content (AvgIpc) is 3.48. The highest BCUT2D eigenvalue weighted by Gasteiger charge is 2.46. The quantitative estimate of drug-likeness (QED) is 0.413. The minimum atomic E-state index is -4.48. The molecule has 0 amide bonds. The molecular formula is C20H15ClF3N9. The van der Waals surface area contributed by atoms with Crippen LogP contribution < -0.4 is 5.32 Å². The topological polar surface area (TPSA) is 90.8 Å². The molecule has 0 saturated heterocycles. The van der Waals surface area contributed by atoms with Gasteiger partial charge in [0, 0.05) is 24.6 Å². The van der Waals surface area contributed by atoms with E-state index < -0.39 is 18.3 Å². The van der Waals surface area contributed by atoms with E-state index >= 15 is 0 Å². The zero-order valence-electron chi connectivity index (χ0n) is 17.0. The molecule has 2 atom stereocenters. The predicted octanol–water partition coefficient (Wildman–Crippen LogP) is 4.19. The summed E-state index contributed by atoms with van der Waals surface area (Å²) in [5.41, 5.74) is 2.05. The van der Waals surface area contributed by atoms with E-state index in [1.807, 2.05) is 0 Å². The van der Waals surface area contributed by atoms with Crippen LogP contribution in [0.15, 0.2) is 42.9 Å². The first-order valence-electron chi connectivity index (χ1n) is 9.99. The Morgan fingerprint density at radius 1 is 1.12 bits per heavy atom. The average molecular weight is 474 g/mol. The van der Waals surface area contributed by atoms with Gasteiger partial charge >= 0.3 is 6.18 Å². The molecule has 1 N–H and O–H groups in total. The molecule has 0 spiro atoms. The molecule has 4 aromatic heterocycles. The Morgan fingerprint density at radius 3 is 2.67 bits per heavy atom. The number of alkyl halides is 3. The van der Waals surface area contributed by atoms with Gasteiger partial charge in [-0.15, -0.1) is 5.10 Å². The summed E-state index contributed by atoms with van der Waals surface area (Å²) in [5, 5.41) is 17.1. The predicted molar refractivity (Wildman–Crippen MR) is 114 cm³/mol. The van der Waals surface area contributed by atoms with Crippen LogP contribution in [0.2, 0.25) is 5.02 Å². The van der Waals surface area contributed by atoms with Crippen molar-refractivity contribution in [3.05, 3.63) is 53.4 Å². The van der Waals surface area contributed by atoms with Gasteiger partial charge in [-0.3, -0.25) is 4.68 Å². The van der Waals surface area contributed by atoms with E-state index in [9.17, 15) is 13.2 Å². The van der Waals surface area contributed by atoms with Crippen LogP contribution >= 0.6 is 11.6 Å². The third-order valence-corrected chi connectivity index (χ3v) is 6.01. The summed E-state index contributed by atoms with van der Waals surface area (Å²) in [6.07, 6.45) is -1.59. The Hall–Kier alpha value is -3.67. The van der Waals surface area contributed by atoms with Gasteiger partial charge in [-0.05, 0) is 17.7 Å². The summed E-state index contributed by atoms with van der Waals surface area (Å²) in [4.78, 5) is 8.80. The van der Waals surface area contributed by atoms with Crippen LogP contribution in [0.5, 0.6) is 0 Å². The molecule has 0 saturated carbocycles. The first-order valence-corrected chi connectivity index (χ1v) is 10.4. The fourth-order valence-electron chi connectivity index (χ4n) is 4.14. The van der Waals surface area contributed by atoms with Crippen molar-refractivity contribution in [1.29, 1.82) is 0 Å². The minimum Gasteiger partial charge on any atom is -0.363 e. The van der Waals surface area contributed by atoms with Gasteiger partial charge in [0.15, 0.2) is 17.3 Å². The fraction of sp³-hybridized carbons (Fsp3) is 0.250. The van der Waals surface area contributed by atoms with Gasteiger partial charge in [-0.25, -0.2) is 19.2 Å². The maximum atomic E-state index is 14.0. The lowest BCUT2D eigenvalue weighted by Gasteiger charge is -2.33. The van der Waals surface area contributed by atoms with E-state index in [2.05, 4.69) is 30.6 Å². The number of halogens is 4. The Morgan fingerprint density at radius 2 is 1.91 bits per heavy atom. The smallest absolute Gasteiger partial charge is 0.363 e. The summed E-state index contributed by atoms with van der Waals surface area (Å²) in [7, 11) is 1.76. The molecule has 6 rings (SSSR count). The van der Waals surface area contributed by atoms with Crippen molar-refractivity contribution in [2.75, 3.05) is 5.32 Å². The van der Waals surface area contributed by atoms with Crippen molar-refractivity contribution in [2.24, 2.45) is 7.05 Å². The monoisotopic (exact) mass is 473 g/mol. The van der Waals surface area contributed by atoms with Gasteiger partial charge in [-0.2, -0.15) is 23.4 Å². The molecule has 0 unspecified atom stereocenters. The molecule has 0 bridgehead atoms. The number of hydrogen-bond acceptors (Lipinski definition) is 6. The SMILES string of the molecule is Cn1ncc2c1ncn1nc(-c3cc4n(n3)[C@@H](C(F)(F)F)C[C@@H](c3ccc(Cl)cc3)N4)nc21. The Kier molecular flexibility index (Phi) is 4.18. The van der Waals surface area contributed by atoms with Crippen molar-refractivity contribution in [3.63, 3.8) is 0 Å². The Bertz CT molecular complexity index is 1500. The molecule has 0 aliphatic carbocycles. The van der Waals surface area contributed by atoms with Gasteiger partial charge in [-0.1, -0.05) is 23.7 Å². The Labute approximate surface area is 188 Å². The van der Waals surface area contributed by atoms with Crippen molar-refractivity contribution in [1.82, 2.24) is 39.1 Å². The van der Waals surface area contributed by atoms with Crippen LogP contribution in [0.25, 0.3) is 28.2 Å². The minimum absolute atomic E-state index is 0.195.